The lowest BCUT2D eigenvalue weighted by atomic mass is 10.1. The number of para-hydroxylation sites is 1. The fourth-order valence-electron chi connectivity index (χ4n) is 2.36. The fourth-order valence-corrected chi connectivity index (χ4v) is 2.36. The van der Waals surface area contributed by atoms with Gasteiger partial charge in [0.25, 0.3) is 0 Å². The van der Waals surface area contributed by atoms with Crippen molar-refractivity contribution >= 4 is 0 Å². The van der Waals surface area contributed by atoms with E-state index >= 15 is 0 Å². The van der Waals surface area contributed by atoms with Gasteiger partial charge in [-0.25, -0.2) is 4.39 Å². The smallest absolute Gasteiger partial charge is 0.166 e. The van der Waals surface area contributed by atoms with E-state index in [9.17, 15) is 4.39 Å². The van der Waals surface area contributed by atoms with Crippen LogP contribution in [0, 0.1) is 19.7 Å². The summed E-state index contributed by atoms with van der Waals surface area (Å²) in [6.45, 7) is 8.82. The summed E-state index contributed by atoms with van der Waals surface area (Å²) in [6, 6.07) is 11.2. The summed E-state index contributed by atoms with van der Waals surface area (Å²) < 4.78 is 20.0. The molecule has 1 N–H and O–H groups in total. The molecule has 0 bridgehead atoms. The highest BCUT2D eigenvalue weighted by Gasteiger charge is 2.12. The van der Waals surface area contributed by atoms with E-state index in [4.69, 9.17) is 4.74 Å². The number of hydrogen-bond donors (Lipinski definition) is 1. The van der Waals surface area contributed by atoms with Crippen LogP contribution in [0.1, 0.15) is 36.6 Å². The van der Waals surface area contributed by atoms with Gasteiger partial charge in [-0.1, -0.05) is 31.2 Å². The average Bonchev–Trinajstić information content (AvgIpc) is 2.44. The first-order valence-electron chi connectivity index (χ1n) is 7.29. The maximum atomic E-state index is 14.2. The zero-order valence-corrected chi connectivity index (χ0v) is 13.0. The molecule has 1 unspecified atom stereocenters. The van der Waals surface area contributed by atoms with Crippen LogP contribution in [0.4, 0.5) is 4.39 Å². The second-order valence-electron chi connectivity index (χ2n) is 5.29. The summed E-state index contributed by atoms with van der Waals surface area (Å²) in [5, 5.41) is 3.27. The van der Waals surface area contributed by atoms with Crippen LogP contribution in [-0.4, -0.2) is 6.54 Å². The molecule has 2 rings (SSSR count). The first kappa shape index (κ1) is 15.5. The largest absolute Gasteiger partial charge is 0.454 e. The van der Waals surface area contributed by atoms with Crippen molar-refractivity contribution in [3.63, 3.8) is 0 Å². The van der Waals surface area contributed by atoms with Crippen LogP contribution in [0.25, 0.3) is 0 Å². The Kier molecular flexibility index (Phi) is 4.97. The van der Waals surface area contributed by atoms with Crippen LogP contribution >= 0.6 is 0 Å². The molecule has 2 nitrogen and oxygen atoms in total. The van der Waals surface area contributed by atoms with Crippen molar-refractivity contribution in [2.24, 2.45) is 0 Å². The first-order valence-corrected chi connectivity index (χ1v) is 7.29. The first-order chi connectivity index (χ1) is 10.0. The van der Waals surface area contributed by atoms with Gasteiger partial charge in [-0.05, 0) is 56.1 Å². The third-order valence-electron chi connectivity index (χ3n) is 3.59. The number of ether oxygens (including phenoxy) is 1. The van der Waals surface area contributed by atoms with Crippen LogP contribution in [0.5, 0.6) is 11.5 Å². The molecule has 21 heavy (non-hydrogen) atoms. The molecule has 0 heterocycles. The van der Waals surface area contributed by atoms with Gasteiger partial charge in [0.15, 0.2) is 11.6 Å². The Balaban J connectivity index is 2.26. The summed E-state index contributed by atoms with van der Waals surface area (Å²) in [5.74, 6) is 0.656. The maximum absolute atomic E-state index is 14.2. The SMILES string of the molecule is CCNC(C)c1ccc(Oc2c(C)cccc2C)c(F)c1. The van der Waals surface area contributed by atoms with Crippen molar-refractivity contribution in [2.75, 3.05) is 6.54 Å². The predicted octanol–water partition coefficient (Wildman–Crippen LogP) is 4.91. The van der Waals surface area contributed by atoms with Crippen molar-refractivity contribution in [3.8, 4) is 11.5 Å². The highest BCUT2D eigenvalue weighted by molar-refractivity contribution is 5.43. The zero-order chi connectivity index (χ0) is 15.4. The maximum Gasteiger partial charge on any atom is 0.166 e. The number of benzene rings is 2. The number of rotatable bonds is 5. The Bertz CT molecular complexity index is 604. The molecule has 1 atom stereocenters. The van der Waals surface area contributed by atoms with Gasteiger partial charge in [-0.2, -0.15) is 0 Å². The summed E-state index contributed by atoms with van der Waals surface area (Å²) >= 11 is 0. The molecule has 3 heteroatoms. The molecule has 0 aliphatic rings. The lowest BCUT2D eigenvalue weighted by Gasteiger charge is -2.15. The Morgan fingerprint density at radius 3 is 2.38 bits per heavy atom. The summed E-state index contributed by atoms with van der Waals surface area (Å²) in [6.07, 6.45) is 0. The van der Waals surface area contributed by atoms with Gasteiger partial charge in [-0.15, -0.1) is 0 Å². The zero-order valence-electron chi connectivity index (χ0n) is 13.0. The third-order valence-corrected chi connectivity index (χ3v) is 3.59. The number of halogens is 1. The molecule has 0 saturated heterocycles. The average molecular weight is 287 g/mol. The van der Waals surface area contributed by atoms with E-state index in [0.717, 1.165) is 29.0 Å². The highest BCUT2D eigenvalue weighted by Crippen LogP contribution is 2.31. The summed E-state index contributed by atoms with van der Waals surface area (Å²) in [5.41, 5.74) is 2.92. The van der Waals surface area contributed by atoms with Gasteiger partial charge >= 0.3 is 0 Å². The third kappa shape index (κ3) is 3.61. The molecule has 0 saturated carbocycles. The second-order valence-corrected chi connectivity index (χ2v) is 5.29. The highest BCUT2D eigenvalue weighted by atomic mass is 19.1. The molecular weight excluding hydrogens is 265 g/mol. The van der Waals surface area contributed by atoms with E-state index in [2.05, 4.69) is 5.32 Å². The van der Waals surface area contributed by atoms with Gasteiger partial charge in [0.05, 0.1) is 0 Å². The Hall–Kier alpha value is -1.87. The van der Waals surface area contributed by atoms with Gasteiger partial charge in [0.2, 0.25) is 0 Å². The summed E-state index contributed by atoms with van der Waals surface area (Å²) in [4.78, 5) is 0. The molecule has 0 aliphatic heterocycles. The minimum atomic E-state index is -0.333. The van der Waals surface area contributed by atoms with E-state index in [1.165, 1.54) is 6.07 Å². The number of nitrogens with one attached hydrogen (secondary N) is 1. The Labute approximate surface area is 126 Å². The molecular formula is C18H22FNO. The quantitative estimate of drug-likeness (QED) is 0.844. The number of hydrogen-bond acceptors (Lipinski definition) is 2. The van der Waals surface area contributed by atoms with E-state index in [1.807, 2.05) is 52.0 Å². The molecule has 0 amide bonds. The van der Waals surface area contributed by atoms with E-state index in [0.29, 0.717) is 0 Å². The van der Waals surface area contributed by atoms with Gasteiger partial charge in [-0.3, -0.25) is 0 Å². The lowest BCUT2D eigenvalue weighted by molar-refractivity contribution is 0.435. The fraction of sp³-hybridized carbons (Fsp3) is 0.333. The van der Waals surface area contributed by atoms with Crippen molar-refractivity contribution in [3.05, 3.63) is 58.9 Å². The molecule has 112 valence electrons. The minimum Gasteiger partial charge on any atom is -0.454 e. The lowest BCUT2D eigenvalue weighted by Crippen LogP contribution is -2.17. The Morgan fingerprint density at radius 2 is 1.81 bits per heavy atom. The topological polar surface area (TPSA) is 21.3 Å². The molecule has 0 spiro atoms. The monoisotopic (exact) mass is 287 g/mol. The van der Waals surface area contributed by atoms with E-state index < -0.39 is 0 Å². The van der Waals surface area contributed by atoms with Crippen LogP contribution in [-0.2, 0) is 0 Å². The van der Waals surface area contributed by atoms with Gasteiger partial charge < -0.3 is 10.1 Å². The molecule has 0 fully saturated rings. The van der Waals surface area contributed by atoms with Crippen LogP contribution in [0.15, 0.2) is 36.4 Å². The van der Waals surface area contributed by atoms with Crippen molar-refractivity contribution < 1.29 is 9.13 Å². The van der Waals surface area contributed by atoms with Crippen LogP contribution in [0.2, 0.25) is 0 Å². The molecule has 2 aromatic carbocycles. The van der Waals surface area contributed by atoms with E-state index in [-0.39, 0.29) is 17.6 Å². The molecule has 0 aromatic heterocycles. The number of aryl methyl sites for hydroxylation is 2. The predicted molar refractivity (Wildman–Crippen MR) is 84.5 cm³/mol. The standard InChI is InChI=1S/C18H22FNO/c1-5-20-14(4)15-9-10-17(16(19)11-15)21-18-12(2)7-6-8-13(18)3/h6-11,14,20H,5H2,1-4H3. The van der Waals surface area contributed by atoms with Crippen molar-refractivity contribution in [1.82, 2.24) is 5.32 Å². The Morgan fingerprint density at radius 1 is 1.14 bits per heavy atom. The molecule has 0 aliphatic carbocycles. The second kappa shape index (κ2) is 6.72. The van der Waals surface area contributed by atoms with Crippen molar-refractivity contribution in [1.29, 1.82) is 0 Å². The van der Waals surface area contributed by atoms with E-state index in [1.54, 1.807) is 6.07 Å². The molecule has 0 radical (unpaired) electrons. The van der Waals surface area contributed by atoms with Crippen molar-refractivity contribution in [2.45, 2.75) is 33.7 Å². The van der Waals surface area contributed by atoms with Gasteiger partial charge in [0, 0.05) is 6.04 Å². The normalized spacial score (nSPS) is 12.2. The summed E-state index contributed by atoms with van der Waals surface area (Å²) in [7, 11) is 0. The van der Waals surface area contributed by atoms with Crippen LogP contribution < -0.4 is 10.1 Å². The van der Waals surface area contributed by atoms with Crippen LogP contribution in [0.3, 0.4) is 0 Å². The molecule has 2 aromatic rings. The van der Waals surface area contributed by atoms with Gasteiger partial charge in [0.1, 0.15) is 5.75 Å². The minimum absolute atomic E-state index is 0.124.